The van der Waals surface area contributed by atoms with Crippen LogP contribution >= 0.6 is 11.6 Å². The van der Waals surface area contributed by atoms with Gasteiger partial charge in [-0.3, -0.25) is 0 Å². The number of methoxy groups -OCH3 is 1. The predicted octanol–water partition coefficient (Wildman–Crippen LogP) is 3.26. The number of anilines is 3. The van der Waals surface area contributed by atoms with Crippen LogP contribution in [-0.4, -0.2) is 36.1 Å². The van der Waals surface area contributed by atoms with Crippen molar-refractivity contribution >= 4 is 35.0 Å². The Morgan fingerprint density at radius 2 is 2.09 bits per heavy atom. The molecule has 1 aliphatic heterocycles. The van der Waals surface area contributed by atoms with Gasteiger partial charge in [0.15, 0.2) is 0 Å². The Bertz CT molecular complexity index is 717. The van der Waals surface area contributed by atoms with E-state index in [1.54, 1.807) is 24.4 Å². The van der Waals surface area contributed by atoms with Gasteiger partial charge >= 0.3 is 5.97 Å². The number of carbonyl (C=O) groups is 1. The molecule has 0 saturated carbocycles. The molecule has 0 radical (unpaired) electrons. The molecule has 0 spiro atoms. The fourth-order valence-electron chi connectivity index (χ4n) is 2.52. The third-order valence-electron chi connectivity index (χ3n) is 3.70. The second kappa shape index (κ2) is 6.83. The topological polar surface area (TPSA) is 67.3 Å². The van der Waals surface area contributed by atoms with Gasteiger partial charge in [-0.05, 0) is 37.1 Å². The standard InChI is InChI=1S/C16H17ClN4O2/c1-23-15(22)11-4-5-12(17)13(10-11)19-16-18-7-6-14(20-16)21-8-2-3-9-21/h4-7,10H,2-3,8-9H2,1H3,(H,18,19,20). The largest absolute Gasteiger partial charge is 0.465 e. The van der Waals surface area contributed by atoms with Crippen molar-refractivity contribution in [3.05, 3.63) is 41.0 Å². The molecule has 1 aromatic carbocycles. The van der Waals surface area contributed by atoms with Crippen LogP contribution in [0, 0.1) is 0 Å². The Kier molecular flexibility index (Phi) is 4.62. The zero-order valence-corrected chi connectivity index (χ0v) is 13.5. The Balaban J connectivity index is 1.84. The molecule has 0 atom stereocenters. The van der Waals surface area contributed by atoms with Crippen LogP contribution in [0.5, 0.6) is 0 Å². The highest BCUT2D eigenvalue weighted by molar-refractivity contribution is 6.33. The fourth-order valence-corrected chi connectivity index (χ4v) is 2.68. The van der Waals surface area contributed by atoms with E-state index in [1.165, 1.54) is 20.0 Å². The van der Waals surface area contributed by atoms with Gasteiger partial charge in [0.25, 0.3) is 0 Å². The molecule has 0 bridgehead atoms. The lowest BCUT2D eigenvalue weighted by atomic mass is 10.2. The van der Waals surface area contributed by atoms with E-state index in [2.05, 4.69) is 20.2 Å². The highest BCUT2D eigenvalue weighted by Gasteiger charge is 2.15. The maximum atomic E-state index is 11.6. The smallest absolute Gasteiger partial charge is 0.337 e. The SMILES string of the molecule is COC(=O)c1ccc(Cl)c(Nc2nccc(N3CCCC3)n2)c1. The molecule has 6 nitrogen and oxygen atoms in total. The van der Waals surface area contributed by atoms with Crippen molar-refractivity contribution in [2.75, 3.05) is 30.4 Å². The number of esters is 1. The fraction of sp³-hybridized carbons (Fsp3) is 0.312. The van der Waals surface area contributed by atoms with Crippen molar-refractivity contribution in [2.24, 2.45) is 0 Å². The lowest BCUT2D eigenvalue weighted by molar-refractivity contribution is 0.0601. The molecule has 1 N–H and O–H groups in total. The Hall–Kier alpha value is -2.34. The van der Waals surface area contributed by atoms with Gasteiger partial charge in [-0.1, -0.05) is 11.6 Å². The number of nitrogens with one attached hydrogen (secondary N) is 1. The third-order valence-corrected chi connectivity index (χ3v) is 4.03. The van der Waals surface area contributed by atoms with E-state index < -0.39 is 5.97 Å². The van der Waals surface area contributed by atoms with E-state index in [-0.39, 0.29) is 0 Å². The van der Waals surface area contributed by atoms with Crippen molar-refractivity contribution in [1.82, 2.24) is 9.97 Å². The molecule has 120 valence electrons. The summed E-state index contributed by atoms with van der Waals surface area (Å²) in [5, 5.41) is 3.55. The minimum atomic E-state index is -0.420. The summed E-state index contributed by atoms with van der Waals surface area (Å²) in [7, 11) is 1.34. The first kappa shape index (κ1) is 15.6. The van der Waals surface area contributed by atoms with Gasteiger partial charge in [0.05, 0.1) is 23.4 Å². The summed E-state index contributed by atoms with van der Waals surface area (Å²) >= 11 is 6.18. The van der Waals surface area contributed by atoms with Crippen molar-refractivity contribution in [1.29, 1.82) is 0 Å². The number of hydrogen-bond acceptors (Lipinski definition) is 6. The highest BCUT2D eigenvalue weighted by Crippen LogP contribution is 2.26. The van der Waals surface area contributed by atoms with Crippen molar-refractivity contribution in [3.8, 4) is 0 Å². The maximum Gasteiger partial charge on any atom is 0.337 e. The zero-order valence-electron chi connectivity index (χ0n) is 12.8. The van der Waals surface area contributed by atoms with Crippen molar-refractivity contribution < 1.29 is 9.53 Å². The summed E-state index contributed by atoms with van der Waals surface area (Å²) in [5.74, 6) is 0.912. The summed E-state index contributed by atoms with van der Waals surface area (Å²) in [6, 6.07) is 6.77. The molecular weight excluding hydrogens is 316 g/mol. The molecule has 0 unspecified atom stereocenters. The molecule has 2 heterocycles. The Morgan fingerprint density at radius 3 is 2.83 bits per heavy atom. The van der Waals surface area contributed by atoms with Gasteiger partial charge < -0.3 is 15.0 Å². The number of ether oxygens (including phenoxy) is 1. The van der Waals surface area contributed by atoms with E-state index >= 15 is 0 Å². The van der Waals surface area contributed by atoms with Crippen molar-refractivity contribution in [2.45, 2.75) is 12.8 Å². The zero-order chi connectivity index (χ0) is 16.2. The van der Waals surface area contributed by atoms with Crippen LogP contribution in [-0.2, 0) is 4.74 Å². The number of aromatic nitrogens is 2. The number of rotatable bonds is 4. The first-order valence-electron chi connectivity index (χ1n) is 7.40. The molecule has 1 saturated heterocycles. The third kappa shape index (κ3) is 3.53. The van der Waals surface area contributed by atoms with Crippen LogP contribution in [0.15, 0.2) is 30.5 Å². The normalized spacial score (nSPS) is 13.9. The summed E-state index contributed by atoms with van der Waals surface area (Å²) in [6.07, 6.45) is 4.07. The van der Waals surface area contributed by atoms with E-state index in [9.17, 15) is 4.79 Å². The number of nitrogens with zero attached hydrogens (tertiary/aromatic N) is 3. The van der Waals surface area contributed by atoms with Gasteiger partial charge in [0, 0.05) is 19.3 Å². The molecular formula is C16H17ClN4O2. The van der Waals surface area contributed by atoms with Crippen LogP contribution in [0.1, 0.15) is 23.2 Å². The number of carbonyl (C=O) groups excluding carboxylic acids is 1. The van der Waals surface area contributed by atoms with Crippen molar-refractivity contribution in [3.63, 3.8) is 0 Å². The summed E-state index contributed by atoms with van der Waals surface area (Å²) in [5.41, 5.74) is 0.975. The predicted molar refractivity (Wildman–Crippen MR) is 89.6 cm³/mol. The van der Waals surface area contributed by atoms with Gasteiger partial charge in [-0.25, -0.2) is 9.78 Å². The average molecular weight is 333 g/mol. The minimum Gasteiger partial charge on any atom is -0.465 e. The number of halogens is 1. The minimum absolute atomic E-state index is 0.412. The average Bonchev–Trinajstić information content (AvgIpc) is 3.11. The second-order valence-corrected chi connectivity index (χ2v) is 5.65. The van der Waals surface area contributed by atoms with Gasteiger partial charge in [0.1, 0.15) is 5.82 Å². The Labute approximate surface area is 139 Å². The van der Waals surface area contributed by atoms with Crippen LogP contribution < -0.4 is 10.2 Å². The molecule has 3 rings (SSSR count). The lowest BCUT2D eigenvalue weighted by Gasteiger charge is -2.17. The van der Waals surface area contributed by atoms with Crippen LogP contribution in [0.2, 0.25) is 5.02 Å². The molecule has 1 fully saturated rings. The van der Waals surface area contributed by atoms with E-state index in [0.29, 0.717) is 22.2 Å². The van der Waals surface area contributed by atoms with Gasteiger partial charge in [-0.2, -0.15) is 4.98 Å². The summed E-state index contributed by atoms with van der Waals surface area (Å²) in [6.45, 7) is 2.02. The molecule has 1 aliphatic rings. The van der Waals surface area contributed by atoms with Crippen LogP contribution in [0.4, 0.5) is 17.5 Å². The monoisotopic (exact) mass is 332 g/mol. The second-order valence-electron chi connectivity index (χ2n) is 5.24. The maximum absolute atomic E-state index is 11.6. The molecule has 23 heavy (non-hydrogen) atoms. The van der Waals surface area contributed by atoms with E-state index in [0.717, 1.165) is 18.9 Å². The molecule has 1 aromatic heterocycles. The molecule has 0 aliphatic carbocycles. The van der Waals surface area contributed by atoms with Gasteiger partial charge in [0.2, 0.25) is 5.95 Å². The number of benzene rings is 1. The van der Waals surface area contributed by atoms with Gasteiger partial charge in [-0.15, -0.1) is 0 Å². The molecule has 7 heteroatoms. The summed E-state index contributed by atoms with van der Waals surface area (Å²) in [4.78, 5) is 22.6. The lowest BCUT2D eigenvalue weighted by Crippen LogP contribution is -2.19. The van der Waals surface area contributed by atoms with Crippen LogP contribution in [0.25, 0.3) is 0 Å². The summed E-state index contributed by atoms with van der Waals surface area (Å²) < 4.78 is 4.72. The first-order chi connectivity index (χ1) is 11.2. The molecule has 0 amide bonds. The number of hydrogen-bond donors (Lipinski definition) is 1. The van der Waals surface area contributed by atoms with E-state index in [4.69, 9.17) is 16.3 Å². The highest BCUT2D eigenvalue weighted by atomic mass is 35.5. The quantitative estimate of drug-likeness (QED) is 0.867. The molecule has 2 aromatic rings. The van der Waals surface area contributed by atoms with E-state index in [1.807, 2.05) is 6.07 Å². The Morgan fingerprint density at radius 1 is 1.30 bits per heavy atom. The van der Waals surface area contributed by atoms with Crippen LogP contribution in [0.3, 0.4) is 0 Å². The first-order valence-corrected chi connectivity index (χ1v) is 7.78.